The molecule has 0 radical (unpaired) electrons. The molecule has 0 bridgehead atoms. The molecule has 1 aliphatic rings. The number of rotatable bonds is 2. The highest BCUT2D eigenvalue weighted by atomic mass is 16.6. The van der Waals surface area contributed by atoms with Gasteiger partial charge in [0.1, 0.15) is 5.60 Å². The van der Waals surface area contributed by atoms with Crippen molar-refractivity contribution in [3.63, 3.8) is 0 Å². The fraction of sp³-hybridized carbons (Fsp3) is 0.846. The minimum Gasteiger partial charge on any atom is -0.444 e. The van der Waals surface area contributed by atoms with Crippen molar-refractivity contribution in [2.45, 2.75) is 40.2 Å². The maximum Gasteiger partial charge on any atom is 0.410 e. The maximum absolute atomic E-state index is 11.7. The van der Waals surface area contributed by atoms with Crippen molar-refractivity contribution in [3.8, 4) is 6.07 Å². The molecular formula is C13H22N2O2. The summed E-state index contributed by atoms with van der Waals surface area (Å²) in [4.78, 5) is 13.4. The lowest BCUT2D eigenvalue weighted by Gasteiger charge is -2.42. The highest BCUT2D eigenvalue weighted by Crippen LogP contribution is 2.29. The van der Waals surface area contributed by atoms with E-state index in [2.05, 4.69) is 6.07 Å². The Morgan fingerprint density at radius 2 is 1.94 bits per heavy atom. The van der Waals surface area contributed by atoms with Crippen molar-refractivity contribution in [1.82, 2.24) is 4.90 Å². The van der Waals surface area contributed by atoms with Crippen LogP contribution < -0.4 is 0 Å². The predicted molar refractivity (Wildman–Crippen MR) is 65.2 cm³/mol. The zero-order valence-corrected chi connectivity index (χ0v) is 11.4. The summed E-state index contributed by atoms with van der Waals surface area (Å²) in [6.07, 6.45) is -0.269. The first kappa shape index (κ1) is 13.8. The van der Waals surface area contributed by atoms with E-state index in [1.54, 1.807) is 4.90 Å². The monoisotopic (exact) mass is 238 g/mol. The zero-order valence-electron chi connectivity index (χ0n) is 11.4. The second-order valence-electron chi connectivity index (χ2n) is 6.04. The van der Waals surface area contributed by atoms with Crippen LogP contribution >= 0.6 is 0 Å². The summed E-state index contributed by atoms with van der Waals surface area (Å²) in [6, 6.07) is 2.33. The Morgan fingerprint density at radius 3 is 2.29 bits per heavy atom. The van der Waals surface area contributed by atoms with Crippen molar-refractivity contribution in [2.24, 2.45) is 17.8 Å². The van der Waals surface area contributed by atoms with E-state index in [1.807, 2.05) is 34.6 Å². The lowest BCUT2D eigenvalue weighted by molar-refractivity contribution is -0.00988. The van der Waals surface area contributed by atoms with Gasteiger partial charge in [-0.25, -0.2) is 4.79 Å². The van der Waals surface area contributed by atoms with Crippen LogP contribution in [0.4, 0.5) is 4.79 Å². The van der Waals surface area contributed by atoms with Crippen LogP contribution in [0.25, 0.3) is 0 Å². The average Bonchev–Trinajstić information content (AvgIpc) is 2.05. The van der Waals surface area contributed by atoms with E-state index in [4.69, 9.17) is 10.00 Å². The van der Waals surface area contributed by atoms with E-state index in [-0.39, 0.29) is 12.0 Å². The number of ether oxygens (including phenoxy) is 1. The molecule has 1 saturated heterocycles. The van der Waals surface area contributed by atoms with Gasteiger partial charge in [-0.15, -0.1) is 0 Å². The van der Waals surface area contributed by atoms with Crippen LogP contribution in [0.15, 0.2) is 0 Å². The van der Waals surface area contributed by atoms with Crippen LogP contribution in [0, 0.1) is 29.1 Å². The SMILES string of the molecule is CC(C)C(C#N)C1CN(C(=O)OC(C)(C)C)C1. The predicted octanol–water partition coefficient (Wildman–Crippen LogP) is 2.65. The van der Waals surface area contributed by atoms with Crippen LogP contribution in [-0.2, 0) is 4.74 Å². The first-order valence-corrected chi connectivity index (χ1v) is 6.12. The molecule has 1 rings (SSSR count). The number of hydrogen-bond acceptors (Lipinski definition) is 3. The maximum atomic E-state index is 11.7. The van der Waals surface area contributed by atoms with Crippen molar-refractivity contribution in [2.75, 3.05) is 13.1 Å². The molecule has 1 fully saturated rings. The summed E-state index contributed by atoms with van der Waals surface area (Å²) in [5.41, 5.74) is -0.450. The molecule has 0 saturated carbocycles. The quantitative estimate of drug-likeness (QED) is 0.743. The van der Waals surface area contributed by atoms with Crippen molar-refractivity contribution < 1.29 is 9.53 Å². The van der Waals surface area contributed by atoms with Gasteiger partial charge in [-0.2, -0.15) is 5.26 Å². The Bertz CT molecular complexity index is 319. The molecule has 1 aliphatic heterocycles. The lowest BCUT2D eigenvalue weighted by atomic mass is 9.80. The Kier molecular flexibility index (Phi) is 4.03. The molecule has 0 aromatic rings. The number of carbonyl (C=O) groups excluding carboxylic acids is 1. The summed E-state index contributed by atoms with van der Waals surface area (Å²) >= 11 is 0. The third-order valence-corrected chi connectivity index (χ3v) is 2.94. The van der Waals surface area contributed by atoms with E-state index in [0.717, 1.165) is 0 Å². The van der Waals surface area contributed by atoms with Gasteiger partial charge in [-0.1, -0.05) is 13.8 Å². The zero-order chi connectivity index (χ0) is 13.2. The van der Waals surface area contributed by atoms with Gasteiger partial charge in [0.2, 0.25) is 0 Å². The van der Waals surface area contributed by atoms with Gasteiger partial charge in [-0.05, 0) is 26.7 Å². The van der Waals surface area contributed by atoms with Gasteiger partial charge >= 0.3 is 6.09 Å². The fourth-order valence-electron chi connectivity index (χ4n) is 2.01. The van der Waals surface area contributed by atoms with Crippen LogP contribution in [0.5, 0.6) is 0 Å². The average molecular weight is 238 g/mol. The van der Waals surface area contributed by atoms with E-state index in [0.29, 0.717) is 24.9 Å². The van der Waals surface area contributed by atoms with Gasteiger partial charge in [0.25, 0.3) is 0 Å². The molecule has 0 aromatic carbocycles. The third kappa shape index (κ3) is 3.62. The van der Waals surface area contributed by atoms with Gasteiger partial charge in [0, 0.05) is 19.0 Å². The normalized spacial score (nSPS) is 18.5. The minimum absolute atomic E-state index is 0.0358. The van der Waals surface area contributed by atoms with Crippen molar-refractivity contribution >= 4 is 6.09 Å². The molecular weight excluding hydrogens is 216 g/mol. The van der Waals surface area contributed by atoms with Crippen molar-refractivity contribution in [3.05, 3.63) is 0 Å². The third-order valence-electron chi connectivity index (χ3n) is 2.94. The second-order valence-corrected chi connectivity index (χ2v) is 6.04. The molecule has 17 heavy (non-hydrogen) atoms. The van der Waals surface area contributed by atoms with Crippen LogP contribution in [0.2, 0.25) is 0 Å². The first-order chi connectivity index (χ1) is 7.74. The Labute approximate surface area is 104 Å². The number of hydrogen-bond donors (Lipinski definition) is 0. The molecule has 4 heteroatoms. The number of nitriles is 1. The molecule has 0 aliphatic carbocycles. The van der Waals surface area contributed by atoms with Crippen LogP contribution in [0.3, 0.4) is 0 Å². The number of likely N-dealkylation sites (tertiary alicyclic amines) is 1. The summed E-state index contributed by atoms with van der Waals surface area (Å²) in [5, 5.41) is 9.06. The molecule has 0 aromatic heterocycles. The van der Waals surface area contributed by atoms with Crippen LogP contribution in [0.1, 0.15) is 34.6 Å². The second kappa shape index (κ2) is 4.95. The van der Waals surface area contributed by atoms with E-state index in [1.165, 1.54) is 0 Å². The molecule has 1 amide bonds. The summed E-state index contributed by atoms with van der Waals surface area (Å²) in [7, 11) is 0. The Balaban J connectivity index is 2.42. The van der Waals surface area contributed by atoms with E-state index >= 15 is 0 Å². The van der Waals surface area contributed by atoms with Gasteiger partial charge in [-0.3, -0.25) is 0 Å². The molecule has 96 valence electrons. The van der Waals surface area contributed by atoms with Gasteiger partial charge in [0.15, 0.2) is 0 Å². The molecule has 1 heterocycles. The molecule has 0 N–H and O–H groups in total. The van der Waals surface area contributed by atoms with Gasteiger partial charge < -0.3 is 9.64 Å². The van der Waals surface area contributed by atoms with Crippen LogP contribution in [-0.4, -0.2) is 29.7 Å². The first-order valence-electron chi connectivity index (χ1n) is 6.12. The lowest BCUT2D eigenvalue weighted by Crippen LogP contribution is -2.54. The number of nitrogens with zero attached hydrogens (tertiary/aromatic N) is 2. The highest BCUT2D eigenvalue weighted by molar-refractivity contribution is 5.69. The summed E-state index contributed by atoms with van der Waals surface area (Å²) in [6.45, 7) is 10.9. The molecule has 1 atom stereocenters. The Hall–Kier alpha value is -1.24. The standard InChI is InChI=1S/C13H22N2O2/c1-9(2)11(6-14)10-7-15(8-10)12(16)17-13(3,4)5/h9-11H,7-8H2,1-5H3. The summed E-state index contributed by atoms with van der Waals surface area (Å²) in [5.74, 6) is 0.673. The van der Waals surface area contributed by atoms with Crippen molar-refractivity contribution in [1.29, 1.82) is 5.26 Å². The molecule has 4 nitrogen and oxygen atoms in total. The minimum atomic E-state index is -0.450. The topological polar surface area (TPSA) is 53.3 Å². The molecule has 0 spiro atoms. The highest BCUT2D eigenvalue weighted by Gasteiger charge is 2.39. The van der Waals surface area contributed by atoms with E-state index < -0.39 is 5.60 Å². The summed E-state index contributed by atoms with van der Waals surface area (Å²) < 4.78 is 5.27. The molecule has 1 unspecified atom stereocenters. The largest absolute Gasteiger partial charge is 0.444 e. The fourth-order valence-corrected chi connectivity index (χ4v) is 2.01. The smallest absolute Gasteiger partial charge is 0.410 e. The van der Waals surface area contributed by atoms with E-state index in [9.17, 15) is 4.79 Å². The Morgan fingerprint density at radius 1 is 1.41 bits per heavy atom. The van der Waals surface area contributed by atoms with Gasteiger partial charge in [0.05, 0.1) is 12.0 Å². The number of carbonyl (C=O) groups is 1. The number of amides is 1.